The van der Waals surface area contributed by atoms with Crippen LogP contribution < -0.4 is 21.3 Å². The minimum atomic E-state index is -4.69. The van der Waals surface area contributed by atoms with Crippen LogP contribution in [0.4, 0.5) is 34.9 Å². The molecule has 0 bridgehead atoms. The predicted octanol–water partition coefficient (Wildman–Crippen LogP) is 3.67. The van der Waals surface area contributed by atoms with E-state index in [-0.39, 0.29) is 53.8 Å². The molecule has 0 saturated carbocycles. The molecular formula is C24H22ClF4N7O3. The van der Waals surface area contributed by atoms with E-state index >= 15 is 0 Å². The summed E-state index contributed by atoms with van der Waals surface area (Å²) in [6.07, 6.45) is -0.800. The van der Waals surface area contributed by atoms with Crippen molar-refractivity contribution in [3.05, 3.63) is 70.5 Å². The van der Waals surface area contributed by atoms with Crippen LogP contribution in [0.1, 0.15) is 28.0 Å². The zero-order chi connectivity index (χ0) is 28.2. The highest BCUT2D eigenvalue weighted by Crippen LogP contribution is 2.37. The van der Waals surface area contributed by atoms with Gasteiger partial charge >= 0.3 is 6.18 Å². The normalized spacial score (nSPS) is 17.0. The van der Waals surface area contributed by atoms with Gasteiger partial charge in [-0.3, -0.25) is 14.6 Å². The molecule has 4 N–H and O–H groups in total. The molecule has 1 atom stereocenters. The standard InChI is InChI=1S/C24H22ClF4N7O3/c1-30-22-33-8-13(9-34-22)20(37)36-23(4-5-39-12-23)21(38)32-11-19-17(26)7-15(10-31-19)35-18-3-2-14(25)6-16(18)24(27,28)29/h2-3,6-10,35H,4-5,11-12H2,1H3,(H,32,38)(H,36,37)(H,30,33,34). The van der Waals surface area contributed by atoms with Crippen LogP contribution in [0.2, 0.25) is 5.02 Å². The highest BCUT2D eigenvalue weighted by molar-refractivity contribution is 6.30. The molecule has 1 aliphatic heterocycles. The number of ether oxygens (including phenoxy) is 1. The highest BCUT2D eigenvalue weighted by Gasteiger charge is 2.44. The number of aromatic nitrogens is 3. The average Bonchev–Trinajstić information content (AvgIpc) is 3.38. The van der Waals surface area contributed by atoms with Crippen molar-refractivity contribution in [2.75, 3.05) is 30.9 Å². The summed E-state index contributed by atoms with van der Waals surface area (Å²) in [5.74, 6) is -1.78. The number of halogens is 5. The van der Waals surface area contributed by atoms with Crippen LogP contribution in [0.5, 0.6) is 0 Å². The summed E-state index contributed by atoms with van der Waals surface area (Å²) >= 11 is 5.69. The van der Waals surface area contributed by atoms with E-state index in [0.717, 1.165) is 24.4 Å². The van der Waals surface area contributed by atoms with Crippen LogP contribution >= 0.6 is 11.6 Å². The monoisotopic (exact) mass is 567 g/mol. The Morgan fingerprint density at radius 1 is 1.13 bits per heavy atom. The Kier molecular flexibility index (Phi) is 8.16. The summed E-state index contributed by atoms with van der Waals surface area (Å²) in [5, 5.41) is 10.3. The number of hydrogen-bond donors (Lipinski definition) is 4. The number of pyridine rings is 1. The molecule has 3 aromatic rings. The van der Waals surface area contributed by atoms with Crippen LogP contribution in [0.15, 0.2) is 42.9 Å². The fraction of sp³-hybridized carbons (Fsp3) is 0.292. The number of benzene rings is 1. The first-order valence-corrected chi connectivity index (χ1v) is 11.8. The maximum absolute atomic E-state index is 14.8. The number of alkyl halides is 3. The van der Waals surface area contributed by atoms with E-state index in [1.165, 1.54) is 18.5 Å². The lowest BCUT2D eigenvalue weighted by Gasteiger charge is -2.27. The van der Waals surface area contributed by atoms with Crippen molar-refractivity contribution < 1.29 is 31.9 Å². The van der Waals surface area contributed by atoms with E-state index < -0.39 is 34.9 Å². The zero-order valence-corrected chi connectivity index (χ0v) is 21.1. The fourth-order valence-electron chi connectivity index (χ4n) is 3.78. The van der Waals surface area contributed by atoms with Gasteiger partial charge in [-0.15, -0.1) is 0 Å². The van der Waals surface area contributed by atoms with Crippen molar-refractivity contribution >= 4 is 40.7 Å². The summed E-state index contributed by atoms with van der Waals surface area (Å²) in [6.45, 7) is -0.251. The van der Waals surface area contributed by atoms with Crippen LogP contribution in [-0.4, -0.2) is 52.6 Å². The number of rotatable bonds is 8. The lowest BCUT2D eigenvalue weighted by Crippen LogP contribution is -2.59. The summed E-state index contributed by atoms with van der Waals surface area (Å²) in [7, 11) is 1.62. The lowest BCUT2D eigenvalue weighted by atomic mass is 9.96. The summed E-state index contributed by atoms with van der Waals surface area (Å²) < 4.78 is 60.1. The van der Waals surface area contributed by atoms with Crippen molar-refractivity contribution in [1.82, 2.24) is 25.6 Å². The molecule has 15 heteroatoms. The van der Waals surface area contributed by atoms with Gasteiger partial charge in [0.15, 0.2) is 0 Å². The molecule has 2 amide bonds. The van der Waals surface area contributed by atoms with Gasteiger partial charge < -0.3 is 26.0 Å². The Morgan fingerprint density at radius 3 is 2.49 bits per heavy atom. The number of anilines is 3. The minimum absolute atomic E-state index is 0.0464. The number of nitrogens with one attached hydrogen (secondary N) is 4. The lowest BCUT2D eigenvalue weighted by molar-refractivity contribution is -0.137. The maximum Gasteiger partial charge on any atom is 0.418 e. The molecule has 0 spiro atoms. The second-order valence-electron chi connectivity index (χ2n) is 8.53. The van der Waals surface area contributed by atoms with Crippen molar-refractivity contribution in [3.63, 3.8) is 0 Å². The Hall–Kier alpha value is -4.04. The van der Waals surface area contributed by atoms with Gasteiger partial charge in [0.05, 0.1) is 47.5 Å². The van der Waals surface area contributed by atoms with E-state index in [4.69, 9.17) is 16.3 Å². The molecule has 2 aromatic heterocycles. The van der Waals surface area contributed by atoms with Gasteiger partial charge in [0.25, 0.3) is 5.91 Å². The van der Waals surface area contributed by atoms with Crippen molar-refractivity contribution in [2.24, 2.45) is 0 Å². The molecule has 3 heterocycles. The van der Waals surface area contributed by atoms with Crippen molar-refractivity contribution in [1.29, 1.82) is 0 Å². The number of amides is 2. The van der Waals surface area contributed by atoms with Crippen LogP contribution in [0, 0.1) is 5.82 Å². The first-order valence-electron chi connectivity index (χ1n) is 11.5. The quantitative estimate of drug-likeness (QED) is 0.303. The smallest absolute Gasteiger partial charge is 0.378 e. The highest BCUT2D eigenvalue weighted by atomic mass is 35.5. The molecule has 0 radical (unpaired) electrons. The van der Waals surface area contributed by atoms with E-state index in [0.29, 0.717) is 5.95 Å². The predicted molar refractivity (Wildman–Crippen MR) is 133 cm³/mol. The van der Waals surface area contributed by atoms with E-state index in [9.17, 15) is 27.2 Å². The molecule has 1 saturated heterocycles. The van der Waals surface area contributed by atoms with Crippen LogP contribution in [-0.2, 0) is 22.3 Å². The molecular weight excluding hydrogens is 546 g/mol. The summed E-state index contributed by atoms with van der Waals surface area (Å²) in [6, 6.07) is 4.09. The summed E-state index contributed by atoms with van der Waals surface area (Å²) in [5.41, 5.74) is -2.87. The molecule has 39 heavy (non-hydrogen) atoms. The molecule has 1 fully saturated rings. The van der Waals surface area contributed by atoms with Gasteiger partial charge in [0, 0.05) is 43.6 Å². The molecule has 1 aromatic carbocycles. The second-order valence-corrected chi connectivity index (χ2v) is 8.97. The maximum atomic E-state index is 14.8. The van der Waals surface area contributed by atoms with Gasteiger partial charge in [-0.25, -0.2) is 14.4 Å². The summed E-state index contributed by atoms with van der Waals surface area (Å²) in [4.78, 5) is 37.7. The third-order valence-electron chi connectivity index (χ3n) is 5.85. The van der Waals surface area contributed by atoms with Gasteiger partial charge in [-0.2, -0.15) is 13.2 Å². The molecule has 0 aliphatic carbocycles. The van der Waals surface area contributed by atoms with E-state index in [1.807, 2.05) is 0 Å². The van der Waals surface area contributed by atoms with Gasteiger partial charge in [-0.05, 0) is 18.2 Å². The fourth-order valence-corrected chi connectivity index (χ4v) is 3.95. The minimum Gasteiger partial charge on any atom is -0.378 e. The SMILES string of the molecule is CNc1ncc(C(=O)NC2(C(=O)NCc3ncc(Nc4ccc(Cl)cc4C(F)(F)F)cc3F)CCOC2)cn1. The number of nitrogens with zero attached hydrogens (tertiary/aromatic N) is 3. The van der Waals surface area contributed by atoms with Crippen LogP contribution in [0.3, 0.4) is 0 Å². The van der Waals surface area contributed by atoms with E-state index in [1.54, 1.807) is 7.05 Å². The van der Waals surface area contributed by atoms with Gasteiger partial charge in [-0.1, -0.05) is 11.6 Å². The Labute approximate surface area is 224 Å². The van der Waals surface area contributed by atoms with E-state index in [2.05, 4.69) is 36.2 Å². The molecule has 1 unspecified atom stereocenters. The van der Waals surface area contributed by atoms with Gasteiger partial charge in [0.2, 0.25) is 11.9 Å². The molecule has 4 rings (SSSR count). The zero-order valence-electron chi connectivity index (χ0n) is 20.3. The second kappa shape index (κ2) is 11.4. The Bertz CT molecular complexity index is 1370. The first kappa shape index (κ1) is 28.0. The Balaban J connectivity index is 1.43. The number of carbonyl (C=O) groups is 2. The average molecular weight is 568 g/mol. The number of carbonyl (C=O) groups excluding carboxylic acids is 2. The third kappa shape index (κ3) is 6.52. The number of hydrogen-bond acceptors (Lipinski definition) is 8. The molecule has 1 aliphatic rings. The van der Waals surface area contributed by atoms with Crippen molar-refractivity contribution in [3.8, 4) is 0 Å². The van der Waals surface area contributed by atoms with Gasteiger partial charge in [0.1, 0.15) is 11.4 Å². The largest absolute Gasteiger partial charge is 0.418 e. The first-order chi connectivity index (χ1) is 18.5. The molecule has 10 nitrogen and oxygen atoms in total. The van der Waals surface area contributed by atoms with Crippen molar-refractivity contribution in [2.45, 2.75) is 24.7 Å². The van der Waals surface area contributed by atoms with Crippen LogP contribution in [0.25, 0.3) is 0 Å². The third-order valence-corrected chi connectivity index (χ3v) is 6.08. The topological polar surface area (TPSA) is 130 Å². The Morgan fingerprint density at radius 2 is 1.87 bits per heavy atom. The molecule has 206 valence electrons.